The van der Waals surface area contributed by atoms with E-state index in [4.69, 9.17) is 0 Å². The zero-order chi connectivity index (χ0) is 16.5. The molecule has 0 amide bonds. The van der Waals surface area contributed by atoms with Crippen molar-refractivity contribution in [1.82, 2.24) is 15.6 Å². The Bertz CT molecular complexity index is 612. The molecule has 6 heteroatoms. The molecule has 0 saturated heterocycles. The summed E-state index contributed by atoms with van der Waals surface area (Å²) in [6.07, 6.45) is 2.15. The zero-order valence-electron chi connectivity index (χ0n) is 14.6. The van der Waals surface area contributed by atoms with E-state index >= 15 is 0 Å². The van der Waals surface area contributed by atoms with Crippen molar-refractivity contribution in [3.63, 3.8) is 0 Å². The van der Waals surface area contributed by atoms with Gasteiger partial charge in [-0.15, -0.1) is 35.3 Å². The van der Waals surface area contributed by atoms with Crippen molar-refractivity contribution in [3.8, 4) is 0 Å². The predicted octanol–water partition coefficient (Wildman–Crippen LogP) is 4.15. The summed E-state index contributed by atoms with van der Waals surface area (Å²) < 4.78 is 0. The number of aryl methyl sites for hydroxylation is 2. The van der Waals surface area contributed by atoms with Gasteiger partial charge in [0, 0.05) is 17.5 Å². The van der Waals surface area contributed by atoms with Crippen LogP contribution in [0.1, 0.15) is 36.4 Å². The Labute approximate surface area is 166 Å². The normalized spacial score (nSPS) is 12.4. The quantitative estimate of drug-likeness (QED) is 0.373. The van der Waals surface area contributed by atoms with E-state index in [0.29, 0.717) is 12.6 Å². The van der Waals surface area contributed by atoms with Gasteiger partial charge in [0.1, 0.15) is 0 Å². The summed E-state index contributed by atoms with van der Waals surface area (Å²) in [5, 5.41) is 6.81. The molecule has 2 N–H and O–H groups in total. The highest BCUT2D eigenvalue weighted by atomic mass is 127. The molecule has 2 aromatic rings. The standard InChI is InChI=1S/C18H26N4S.HI/c1-4-19-18(20-12-17-15(3)21-13-23-17)22-14(2)10-11-16-8-6-5-7-9-16;/h5-9,13-14H,4,10-12H2,1-3H3,(H2,19,20,22);1H. The Morgan fingerprint density at radius 2 is 2.04 bits per heavy atom. The fraction of sp³-hybridized carbons (Fsp3) is 0.444. The summed E-state index contributed by atoms with van der Waals surface area (Å²) in [4.78, 5) is 10.2. The molecule has 1 aromatic carbocycles. The van der Waals surface area contributed by atoms with E-state index < -0.39 is 0 Å². The monoisotopic (exact) mass is 458 g/mol. The highest BCUT2D eigenvalue weighted by Crippen LogP contribution is 2.13. The van der Waals surface area contributed by atoms with Crippen LogP contribution >= 0.6 is 35.3 Å². The molecule has 4 nitrogen and oxygen atoms in total. The molecule has 0 saturated carbocycles. The van der Waals surface area contributed by atoms with Crippen LogP contribution in [0.2, 0.25) is 0 Å². The lowest BCUT2D eigenvalue weighted by molar-refractivity contribution is 0.593. The molecular formula is C18H27IN4S. The number of halogens is 1. The lowest BCUT2D eigenvalue weighted by Gasteiger charge is -2.17. The van der Waals surface area contributed by atoms with Gasteiger partial charge in [0.05, 0.1) is 17.7 Å². The summed E-state index contributed by atoms with van der Waals surface area (Å²) in [7, 11) is 0. The lowest BCUT2D eigenvalue weighted by atomic mass is 10.1. The highest BCUT2D eigenvalue weighted by Gasteiger charge is 2.06. The Morgan fingerprint density at radius 1 is 1.29 bits per heavy atom. The van der Waals surface area contributed by atoms with E-state index in [2.05, 4.69) is 64.8 Å². The second-order valence-corrected chi connectivity index (χ2v) is 6.57. The first-order valence-electron chi connectivity index (χ1n) is 8.16. The zero-order valence-corrected chi connectivity index (χ0v) is 17.7. The van der Waals surface area contributed by atoms with Gasteiger partial charge in [0.15, 0.2) is 5.96 Å². The van der Waals surface area contributed by atoms with Crippen LogP contribution in [0.15, 0.2) is 40.8 Å². The van der Waals surface area contributed by atoms with Crippen molar-refractivity contribution in [1.29, 1.82) is 0 Å². The minimum Gasteiger partial charge on any atom is -0.357 e. The molecule has 132 valence electrons. The second kappa shape index (κ2) is 11.4. The van der Waals surface area contributed by atoms with E-state index in [0.717, 1.165) is 31.0 Å². The molecule has 1 unspecified atom stereocenters. The molecule has 0 aliphatic heterocycles. The molecule has 0 bridgehead atoms. The van der Waals surface area contributed by atoms with Crippen LogP contribution in [0.3, 0.4) is 0 Å². The van der Waals surface area contributed by atoms with E-state index in [9.17, 15) is 0 Å². The molecule has 0 radical (unpaired) electrons. The molecule has 1 heterocycles. The minimum atomic E-state index is 0. The van der Waals surface area contributed by atoms with Gasteiger partial charge < -0.3 is 10.6 Å². The Hall–Kier alpha value is -1.15. The molecule has 1 atom stereocenters. The number of aromatic nitrogens is 1. The third-order valence-corrected chi connectivity index (χ3v) is 4.58. The maximum Gasteiger partial charge on any atom is 0.191 e. The number of hydrogen-bond donors (Lipinski definition) is 2. The van der Waals surface area contributed by atoms with Crippen LogP contribution in [-0.2, 0) is 13.0 Å². The van der Waals surface area contributed by atoms with Gasteiger partial charge >= 0.3 is 0 Å². The molecule has 0 spiro atoms. The van der Waals surface area contributed by atoms with E-state index in [1.807, 2.05) is 12.4 Å². The first kappa shape index (κ1) is 20.9. The Balaban J connectivity index is 0.00000288. The van der Waals surface area contributed by atoms with Crippen LogP contribution in [-0.4, -0.2) is 23.5 Å². The first-order chi connectivity index (χ1) is 11.2. The maximum absolute atomic E-state index is 4.68. The van der Waals surface area contributed by atoms with Crippen molar-refractivity contribution < 1.29 is 0 Å². The number of hydrogen-bond acceptors (Lipinski definition) is 3. The molecule has 1 aromatic heterocycles. The van der Waals surface area contributed by atoms with Crippen LogP contribution in [0.4, 0.5) is 0 Å². The number of nitrogens with zero attached hydrogens (tertiary/aromatic N) is 2. The molecule has 0 aliphatic rings. The van der Waals surface area contributed by atoms with Crippen LogP contribution in [0, 0.1) is 6.92 Å². The predicted molar refractivity (Wildman–Crippen MR) is 114 cm³/mol. The summed E-state index contributed by atoms with van der Waals surface area (Å²) >= 11 is 1.66. The molecular weight excluding hydrogens is 431 g/mol. The summed E-state index contributed by atoms with van der Waals surface area (Å²) in [6.45, 7) is 7.86. The van der Waals surface area contributed by atoms with Crippen LogP contribution < -0.4 is 10.6 Å². The Kier molecular flexibility index (Phi) is 9.94. The van der Waals surface area contributed by atoms with Gasteiger partial charge in [0.2, 0.25) is 0 Å². The largest absolute Gasteiger partial charge is 0.357 e. The van der Waals surface area contributed by atoms with Gasteiger partial charge in [0.25, 0.3) is 0 Å². The highest BCUT2D eigenvalue weighted by molar-refractivity contribution is 14.0. The molecule has 0 aliphatic carbocycles. The number of nitrogens with one attached hydrogen (secondary N) is 2. The van der Waals surface area contributed by atoms with Crippen molar-refractivity contribution in [3.05, 3.63) is 52.0 Å². The van der Waals surface area contributed by atoms with Gasteiger partial charge in [-0.05, 0) is 39.2 Å². The van der Waals surface area contributed by atoms with E-state index in [-0.39, 0.29) is 24.0 Å². The molecule has 2 rings (SSSR count). The minimum absolute atomic E-state index is 0. The average Bonchev–Trinajstić information content (AvgIpc) is 2.97. The number of benzene rings is 1. The number of aliphatic imine (C=N–C) groups is 1. The molecule has 0 fully saturated rings. The van der Waals surface area contributed by atoms with Crippen molar-refractivity contribution in [2.75, 3.05) is 6.54 Å². The van der Waals surface area contributed by atoms with Gasteiger partial charge in [-0.2, -0.15) is 0 Å². The topological polar surface area (TPSA) is 49.3 Å². The van der Waals surface area contributed by atoms with Gasteiger partial charge in [-0.1, -0.05) is 30.3 Å². The van der Waals surface area contributed by atoms with Crippen LogP contribution in [0.25, 0.3) is 0 Å². The Morgan fingerprint density at radius 3 is 2.67 bits per heavy atom. The van der Waals surface area contributed by atoms with Crippen LogP contribution in [0.5, 0.6) is 0 Å². The number of guanidine groups is 1. The summed E-state index contributed by atoms with van der Waals surface area (Å²) in [6, 6.07) is 11.0. The average molecular weight is 458 g/mol. The summed E-state index contributed by atoms with van der Waals surface area (Å²) in [5.74, 6) is 0.876. The third-order valence-electron chi connectivity index (χ3n) is 3.66. The maximum atomic E-state index is 4.68. The fourth-order valence-electron chi connectivity index (χ4n) is 2.28. The van der Waals surface area contributed by atoms with E-state index in [1.54, 1.807) is 11.3 Å². The van der Waals surface area contributed by atoms with Gasteiger partial charge in [-0.25, -0.2) is 9.98 Å². The number of rotatable bonds is 7. The van der Waals surface area contributed by atoms with E-state index in [1.165, 1.54) is 10.4 Å². The second-order valence-electron chi connectivity index (χ2n) is 5.63. The smallest absolute Gasteiger partial charge is 0.191 e. The lowest BCUT2D eigenvalue weighted by Crippen LogP contribution is -2.42. The number of thiazole rings is 1. The fourth-order valence-corrected chi connectivity index (χ4v) is 2.98. The van der Waals surface area contributed by atoms with Crippen molar-refractivity contribution in [2.45, 2.75) is 46.2 Å². The van der Waals surface area contributed by atoms with Crippen molar-refractivity contribution >= 4 is 41.3 Å². The van der Waals surface area contributed by atoms with Gasteiger partial charge in [-0.3, -0.25) is 0 Å². The first-order valence-corrected chi connectivity index (χ1v) is 9.04. The SMILES string of the molecule is CCNC(=NCc1scnc1C)NC(C)CCc1ccccc1.I. The molecule has 24 heavy (non-hydrogen) atoms. The third kappa shape index (κ3) is 7.17. The van der Waals surface area contributed by atoms with Crippen molar-refractivity contribution in [2.24, 2.45) is 4.99 Å². The summed E-state index contributed by atoms with van der Waals surface area (Å²) in [5.41, 5.74) is 4.33.